The second-order valence-corrected chi connectivity index (χ2v) is 8.17. The van der Waals surface area contributed by atoms with Gasteiger partial charge >= 0.3 is 0 Å². The number of anilines is 1. The van der Waals surface area contributed by atoms with Crippen molar-refractivity contribution in [3.63, 3.8) is 0 Å². The van der Waals surface area contributed by atoms with Gasteiger partial charge in [-0.3, -0.25) is 9.69 Å². The number of methoxy groups -OCH3 is 1. The molecule has 2 heterocycles. The highest BCUT2D eigenvalue weighted by atomic mass is 16.5. The molecule has 0 unspecified atom stereocenters. The summed E-state index contributed by atoms with van der Waals surface area (Å²) < 4.78 is 7.92. The fourth-order valence-corrected chi connectivity index (χ4v) is 4.40. The van der Waals surface area contributed by atoms with Gasteiger partial charge in [0.05, 0.1) is 24.7 Å². The summed E-state index contributed by atoms with van der Waals surface area (Å²) in [6, 6.07) is 21.7. The van der Waals surface area contributed by atoms with Crippen LogP contribution >= 0.6 is 0 Å². The van der Waals surface area contributed by atoms with Crippen LogP contribution in [0.4, 0.5) is 5.69 Å². The molecule has 4 aromatic rings. The zero-order valence-corrected chi connectivity index (χ0v) is 18.3. The lowest BCUT2D eigenvalue weighted by Crippen LogP contribution is -2.33. The SMILES string of the molecule is COc1ccc(NC(=O)c2ccccc2C)cc1CN1CCn2c(nc3ccccc32)C1. The Morgan fingerprint density at radius 3 is 2.72 bits per heavy atom. The van der Waals surface area contributed by atoms with Gasteiger partial charge in [0.1, 0.15) is 11.6 Å². The van der Waals surface area contributed by atoms with Crippen LogP contribution in [0, 0.1) is 6.92 Å². The van der Waals surface area contributed by atoms with Crippen molar-refractivity contribution >= 4 is 22.6 Å². The first-order valence-corrected chi connectivity index (χ1v) is 10.8. The standard InChI is InChI=1S/C26H26N4O2/c1-18-7-3-4-8-21(18)26(31)27-20-11-12-24(32-2)19(15-20)16-29-13-14-30-23-10-6-5-9-22(23)28-25(30)17-29/h3-12,15H,13-14,16-17H2,1-2H3,(H,27,31). The summed E-state index contributed by atoms with van der Waals surface area (Å²) >= 11 is 0. The lowest BCUT2D eigenvalue weighted by Gasteiger charge is -2.28. The Morgan fingerprint density at radius 1 is 1.06 bits per heavy atom. The number of rotatable bonds is 5. The number of para-hydroxylation sites is 2. The molecule has 0 saturated heterocycles. The summed E-state index contributed by atoms with van der Waals surface area (Å²) in [5.41, 5.74) is 5.68. The van der Waals surface area contributed by atoms with Crippen LogP contribution in [0.3, 0.4) is 0 Å². The van der Waals surface area contributed by atoms with E-state index in [1.807, 2.05) is 55.5 Å². The maximum Gasteiger partial charge on any atom is 0.255 e. The third kappa shape index (κ3) is 3.85. The number of nitrogens with zero attached hydrogens (tertiary/aromatic N) is 3. The van der Waals surface area contributed by atoms with E-state index in [1.165, 1.54) is 5.52 Å². The lowest BCUT2D eigenvalue weighted by atomic mass is 10.1. The quantitative estimate of drug-likeness (QED) is 0.506. The molecule has 3 aromatic carbocycles. The Morgan fingerprint density at radius 2 is 1.88 bits per heavy atom. The first-order valence-electron chi connectivity index (χ1n) is 10.8. The predicted octanol–water partition coefficient (Wildman–Crippen LogP) is 4.62. The van der Waals surface area contributed by atoms with Gasteiger partial charge in [-0.1, -0.05) is 30.3 Å². The van der Waals surface area contributed by atoms with E-state index in [9.17, 15) is 4.79 Å². The van der Waals surface area contributed by atoms with Gasteiger partial charge in [0.25, 0.3) is 5.91 Å². The van der Waals surface area contributed by atoms with E-state index in [2.05, 4.69) is 33.0 Å². The van der Waals surface area contributed by atoms with Crippen LogP contribution in [0.15, 0.2) is 66.7 Å². The molecule has 162 valence electrons. The monoisotopic (exact) mass is 426 g/mol. The Kier molecular flexibility index (Phi) is 5.37. The second-order valence-electron chi connectivity index (χ2n) is 8.17. The lowest BCUT2D eigenvalue weighted by molar-refractivity contribution is 0.102. The Hall–Kier alpha value is -3.64. The molecule has 0 atom stereocenters. The van der Waals surface area contributed by atoms with Crippen LogP contribution in [0.25, 0.3) is 11.0 Å². The number of hydrogen-bond donors (Lipinski definition) is 1. The van der Waals surface area contributed by atoms with E-state index in [0.29, 0.717) is 5.56 Å². The van der Waals surface area contributed by atoms with E-state index in [0.717, 1.165) is 60.1 Å². The zero-order valence-electron chi connectivity index (χ0n) is 18.3. The number of fused-ring (bicyclic) bond motifs is 3. The third-order valence-corrected chi connectivity index (χ3v) is 6.06. The highest BCUT2D eigenvalue weighted by Crippen LogP contribution is 2.27. The minimum Gasteiger partial charge on any atom is -0.496 e. The Bertz CT molecular complexity index is 1290. The van der Waals surface area contributed by atoms with Gasteiger partial charge in [-0.25, -0.2) is 4.98 Å². The number of nitrogens with one attached hydrogen (secondary N) is 1. The first kappa shape index (κ1) is 20.3. The molecule has 1 amide bonds. The molecule has 5 rings (SSSR count). The van der Waals surface area contributed by atoms with Gasteiger partial charge in [0.2, 0.25) is 0 Å². The van der Waals surface area contributed by atoms with E-state index in [4.69, 9.17) is 9.72 Å². The number of carbonyl (C=O) groups is 1. The molecule has 6 heteroatoms. The van der Waals surface area contributed by atoms with Crippen LogP contribution in [0.5, 0.6) is 5.75 Å². The number of aryl methyl sites for hydroxylation is 1. The van der Waals surface area contributed by atoms with Crippen LogP contribution in [-0.4, -0.2) is 34.0 Å². The van der Waals surface area contributed by atoms with Gasteiger partial charge < -0.3 is 14.6 Å². The summed E-state index contributed by atoms with van der Waals surface area (Å²) in [6.45, 7) is 5.27. The Balaban J connectivity index is 1.35. The summed E-state index contributed by atoms with van der Waals surface area (Å²) in [6.07, 6.45) is 0. The van der Waals surface area contributed by atoms with E-state index < -0.39 is 0 Å². The predicted molar refractivity (Wildman–Crippen MR) is 126 cm³/mol. The minimum absolute atomic E-state index is 0.106. The molecule has 1 aliphatic rings. The number of benzene rings is 3. The van der Waals surface area contributed by atoms with Crippen molar-refractivity contribution in [3.05, 3.63) is 89.2 Å². The molecular formula is C26H26N4O2. The van der Waals surface area contributed by atoms with Crippen molar-refractivity contribution in [2.24, 2.45) is 0 Å². The number of carbonyl (C=O) groups excluding carboxylic acids is 1. The molecule has 0 aliphatic carbocycles. The van der Waals surface area contributed by atoms with Crippen molar-refractivity contribution in [3.8, 4) is 5.75 Å². The van der Waals surface area contributed by atoms with Crippen molar-refractivity contribution in [2.45, 2.75) is 26.6 Å². The number of ether oxygens (including phenoxy) is 1. The number of hydrogen-bond acceptors (Lipinski definition) is 4. The summed E-state index contributed by atoms with van der Waals surface area (Å²) in [7, 11) is 1.68. The first-order chi connectivity index (χ1) is 15.6. The molecule has 0 bridgehead atoms. The van der Waals surface area contributed by atoms with Crippen molar-refractivity contribution < 1.29 is 9.53 Å². The fraction of sp³-hybridized carbons (Fsp3) is 0.231. The maximum atomic E-state index is 12.7. The van der Waals surface area contributed by atoms with E-state index in [-0.39, 0.29) is 5.91 Å². The van der Waals surface area contributed by atoms with Gasteiger partial charge in [-0.2, -0.15) is 0 Å². The van der Waals surface area contributed by atoms with Gasteiger partial charge in [0, 0.05) is 36.4 Å². The molecular weight excluding hydrogens is 400 g/mol. The van der Waals surface area contributed by atoms with Crippen LogP contribution < -0.4 is 10.1 Å². The third-order valence-electron chi connectivity index (χ3n) is 6.06. The van der Waals surface area contributed by atoms with Crippen molar-refractivity contribution in [2.75, 3.05) is 19.0 Å². The van der Waals surface area contributed by atoms with Crippen molar-refractivity contribution in [1.29, 1.82) is 0 Å². The molecule has 1 aromatic heterocycles. The smallest absolute Gasteiger partial charge is 0.255 e. The fourth-order valence-electron chi connectivity index (χ4n) is 4.40. The summed E-state index contributed by atoms with van der Waals surface area (Å²) in [5.74, 6) is 1.80. The van der Waals surface area contributed by atoms with Crippen molar-refractivity contribution in [1.82, 2.24) is 14.5 Å². The maximum absolute atomic E-state index is 12.7. The number of imidazole rings is 1. The summed E-state index contributed by atoms with van der Waals surface area (Å²) in [4.78, 5) is 19.9. The van der Waals surface area contributed by atoms with Crippen LogP contribution in [0.1, 0.15) is 27.3 Å². The molecule has 0 saturated carbocycles. The average molecular weight is 427 g/mol. The molecule has 0 fully saturated rings. The molecule has 1 N–H and O–H groups in total. The molecule has 1 aliphatic heterocycles. The molecule has 0 spiro atoms. The van der Waals surface area contributed by atoms with Gasteiger partial charge in [-0.05, 0) is 48.9 Å². The molecule has 6 nitrogen and oxygen atoms in total. The second kappa shape index (κ2) is 8.48. The summed E-state index contributed by atoms with van der Waals surface area (Å²) in [5, 5.41) is 3.03. The highest BCUT2D eigenvalue weighted by molar-refractivity contribution is 6.05. The number of amides is 1. The van der Waals surface area contributed by atoms with Gasteiger partial charge in [0.15, 0.2) is 0 Å². The van der Waals surface area contributed by atoms with E-state index >= 15 is 0 Å². The minimum atomic E-state index is -0.106. The average Bonchev–Trinajstić information content (AvgIpc) is 3.17. The highest BCUT2D eigenvalue weighted by Gasteiger charge is 2.21. The normalized spacial score (nSPS) is 13.7. The topological polar surface area (TPSA) is 59.4 Å². The molecule has 0 radical (unpaired) electrons. The largest absolute Gasteiger partial charge is 0.496 e. The molecule has 32 heavy (non-hydrogen) atoms. The Labute approximate surface area is 187 Å². The van der Waals surface area contributed by atoms with E-state index in [1.54, 1.807) is 7.11 Å². The zero-order chi connectivity index (χ0) is 22.1. The number of aromatic nitrogens is 2. The van der Waals surface area contributed by atoms with Crippen LogP contribution in [0.2, 0.25) is 0 Å². The van der Waals surface area contributed by atoms with Gasteiger partial charge in [-0.15, -0.1) is 0 Å². The van der Waals surface area contributed by atoms with Crippen LogP contribution in [-0.2, 0) is 19.6 Å².